The molecule has 8 heteroatoms. The molecule has 5 rings (SSSR count). The Kier molecular flexibility index (Phi) is 5.63. The number of nitrogens with zero attached hydrogens (tertiary/aromatic N) is 2. The summed E-state index contributed by atoms with van der Waals surface area (Å²) in [4.78, 5) is 30.0. The Labute approximate surface area is 190 Å². The van der Waals surface area contributed by atoms with Crippen LogP contribution in [0.3, 0.4) is 0 Å². The highest BCUT2D eigenvalue weighted by atomic mass is 16.6. The van der Waals surface area contributed by atoms with Crippen molar-refractivity contribution in [1.29, 1.82) is 0 Å². The van der Waals surface area contributed by atoms with E-state index in [-0.39, 0.29) is 24.9 Å². The fraction of sp³-hybridized carbons (Fsp3) is 0.160. The summed E-state index contributed by atoms with van der Waals surface area (Å²) < 4.78 is 12.9. The number of para-hydroxylation sites is 2. The largest absolute Gasteiger partial charge is 0.486 e. The molecule has 1 aliphatic rings. The molecule has 0 atom stereocenters. The van der Waals surface area contributed by atoms with Crippen molar-refractivity contribution in [2.24, 2.45) is 0 Å². The van der Waals surface area contributed by atoms with E-state index in [0.717, 1.165) is 11.0 Å². The number of carbonyl (C=O) groups is 2. The van der Waals surface area contributed by atoms with Crippen LogP contribution in [0.5, 0.6) is 11.5 Å². The van der Waals surface area contributed by atoms with Crippen LogP contribution >= 0.6 is 0 Å². The molecule has 33 heavy (non-hydrogen) atoms. The number of imidazole rings is 1. The summed E-state index contributed by atoms with van der Waals surface area (Å²) in [6, 6.07) is 21.9. The van der Waals surface area contributed by atoms with E-state index in [0.29, 0.717) is 41.8 Å². The second-order valence-electron chi connectivity index (χ2n) is 7.56. The fourth-order valence-corrected chi connectivity index (χ4v) is 3.75. The first-order valence-electron chi connectivity index (χ1n) is 10.6. The lowest BCUT2D eigenvalue weighted by Gasteiger charge is -2.19. The highest BCUT2D eigenvalue weighted by molar-refractivity contribution is 5.94. The van der Waals surface area contributed by atoms with Gasteiger partial charge in [-0.15, -0.1) is 0 Å². The number of nitrogens with one attached hydrogen (secondary N) is 2. The lowest BCUT2D eigenvalue weighted by Crippen LogP contribution is -2.26. The molecule has 0 bridgehead atoms. The van der Waals surface area contributed by atoms with Gasteiger partial charge in [0.1, 0.15) is 25.6 Å². The number of hydrogen-bond donors (Lipinski definition) is 2. The summed E-state index contributed by atoms with van der Waals surface area (Å²) in [5.41, 5.74) is 2.76. The van der Waals surface area contributed by atoms with E-state index in [1.807, 2.05) is 47.0 Å². The van der Waals surface area contributed by atoms with Crippen molar-refractivity contribution < 1.29 is 19.1 Å². The van der Waals surface area contributed by atoms with Gasteiger partial charge in [-0.1, -0.05) is 30.3 Å². The molecule has 166 valence electrons. The lowest BCUT2D eigenvalue weighted by molar-refractivity contribution is -0.116. The molecule has 0 spiro atoms. The van der Waals surface area contributed by atoms with E-state index in [2.05, 4.69) is 15.6 Å². The number of amides is 2. The standard InChI is InChI=1S/C25H22N4O4/c30-24(27-18-10-11-21-22(14-18)33-13-12-32-21)16-29-20-9-5-4-8-19(20)28-23(29)15-26-25(31)17-6-2-1-3-7-17/h1-11,14H,12-13,15-16H2,(H,26,31)(H,27,30). The Bertz CT molecular complexity index is 1320. The second-order valence-corrected chi connectivity index (χ2v) is 7.56. The maximum atomic E-state index is 12.9. The van der Waals surface area contributed by atoms with E-state index >= 15 is 0 Å². The minimum atomic E-state index is -0.217. The summed E-state index contributed by atoms with van der Waals surface area (Å²) in [7, 11) is 0. The van der Waals surface area contributed by atoms with E-state index < -0.39 is 0 Å². The molecule has 2 amide bonds. The zero-order chi connectivity index (χ0) is 22.6. The quantitative estimate of drug-likeness (QED) is 0.478. The van der Waals surface area contributed by atoms with Crippen molar-refractivity contribution in [3.8, 4) is 11.5 Å². The third-order valence-electron chi connectivity index (χ3n) is 5.30. The average Bonchev–Trinajstić information content (AvgIpc) is 3.20. The van der Waals surface area contributed by atoms with Crippen LogP contribution in [-0.2, 0) is 17.9 Å². The van der Waals surface area contributed by atoms with Gasteiger partial charge in [0.05, 0.1) is 17.6 Å². The van der Waals surface area contributed by atoms with Gasteiger partial charge < -0.3 is 24.7 Å². The molecular weight excluding hydrogens is 420 g/mol. The number of ether oxygens (including phenoxy) is 2. The van der Waals surface area contributed by atoms with E-state index in [1.54, 1.807) is 30.3 Å². The smallest absolute Gasteiger partial charge is 0.251 e. The summed E-state index contributed by atoms with van der Waals surface area (Å²) in [6.07, 6.45) is 0. The number of rotatable bonds is 6. The third-order valence-corrected chi connectivity index (χ3v) is 5.30. The Balaban J connectivity index is 1.33. The van der Waals surface area contributed by atoms with Gasteiger partial charge in [0.25, 0.3) is 5.91 Å². The molecule has 2 heterocycles. The molecule has 0 unspecified atom stereocenters. The molecular formula is C25H22N4O4. The normalized spacial score (nSPS) is 12.4. The van der Waals surface area contributed by atoms with Crippen molar-refractivity contribution in [2.45, 2.75) is 13.1 Å². The number of hydrogen-bond acceptors (Lipinski definition) is 5. The van der Waals surface area contributed by atoms with Crippen LogP contribution in [-0.4, -0.2) is 34.6 Å². The SMILES string of the molecule is O=C(Cn1c(CNC(=O)c2ccccc2)nc2ccccc21)Nc1ccc2c(c1)OCCO2. The van der Waals surface area contributed by atoms with E-state index in [4.69, 9.17) is 9.47 Å². The maximum Gasteiger partial charge on any atom is 0.251 e. The van der Waals surface area contributed by atoms with Gasteiger partial charge in [-0.25, -0.2) is 4.98 Å². The predicted molar refractivity (Wildman–Crippen MR) is 123 cm³/mol. The number of benzene rings is 3. The minimum Gasteiger partial charge on any atom is -0.486 e. The molecule has 0 aliphatic carbocycles. The van der Waals surface area contributed by atoms with Gasteiger partial charge >= 0.3 is 0 Å². The maximum absolute atomic E-state index is 12.9. The van der Waals surface area contributed by atoms with Crippen LogP contribution in [0.2, 0.25) is 0 Å². The summed E-state index contributed by atoms with van der Waals surface area (Å²) in [5.74, 6) is 1.45. The van der Waals surface area contributed by atoms with Crippen LogP contribution in [0.1, 0.15) is 16.2 Å². The molecule has 2 N–H and O–H groups in total. The van der Waals surface area contributed by atoms with Crippen LogP contribution in [0, 0.1) is 0 Å². The van der Waals surface area contributed by atoms with E-state index in [1.165, 1.54) is 0 Å². The zero-order valence-electron chi connectivity index (χ0n) is 17.8. The summed E-state index contributed by atoms with van der Waals surface area (Å²) in [6.45, 7) is 1.23. The van der Waals surface area contributed by atoms with Crippen LogP contribution < -0.4 is 20.1 Å². The minimum absolute atomic E-state index is 0.0471. The highest BCUT2D eigenvalue weighted by Gasteiger charge is 2.17. The first-order valence-corrected chi connectivity index (χ1v) is 10.6. The van der Waals surface area contributed by atoms with Crippen molar-refractivity contribution >= 4 is 28.5 Å². The van der Waals surface area contributed by atoms with Crippen LogP contribution in [0.25, 0.3) is 11.0 Å². The monoisotopic (exact) mass is 442 g/mol. The lowest BCUT2D eigenvalue weighted by atomic mass is 10.2. The van der Waals surface area contributed by atoms with Crippen molar-refractivity contribution in [1.82, 2.24) is 14.9 Å². The Morgan fingerprint density at radius 3 is 2.52 bits per heavy atom. The zero-order valence-corrected chi connectivity index (χ0v) is 17.8. The van der Waals surface area contributed by atoms with Crippen molar-refractivity contribution in [3.05, 3.63) is 84.2 Å². The Morgan fingerprint density at radius 1 is 0.909 bits per heavy atom. The number of carbonyl (C=O) groups excluding carboxylic acids is 2. The van der Waals surface area contributed by atoms with Crippen molar-refractivity contribution in [2.75, 3.05) is 18.5 Å². The van der Waals surface area contributed by atoms with Gasteiger partial charge in [-0.2, -0.15) is 0 Å². The van der Waals surface area contributed by atoms with E-state index in [9.17, 15) is 9.59 Å². The number of aromatic nitrogens is 2. The molecule has 8 nitrogen and oxygen atoms in total. The first kappa shape index (κ1) is 20.6. The topological polar surface area (TPSA) is 94.5 Å². The van der Waals surface area contributed by atoms with Crippen LogP contribution in [0.15, 0.2) is 72.8 Å². The summed E-state index contributed by atoms with van der Waals surface area (Å²) >= 11 is 0. The molecule has 0 saturated heterocycles. The molecule has 1 aliphatic heterocycles. The van der Waals surface area contributed by atoms with Gasteiger partial charge in [-0.05, 0) is 36.4 Å². The fourth-order valence-electron chi connectivity index (χ4n) is 3.75. The molecule has 0 fully saturated rings. The van der Waals surface area contributed by atoms with Crippen LogP contribution in [0.4, 0.5) is 5.69 Å². The Morgan fingerprint density at radius 2 is 1.67 bits per heavy atom. The predicted octanol–water partition coefficient (Wildman–Crippen LogP) is 3.38. The number of fused-ring (bicyclic) bond motifs is 2. The van der Waals surface area contributed by atoms with Gasteiger partial charge in [-0.3, -0.25) is 9.59 Å². The summed E-state index contributed by atoms with van der Waals surface area (Å²) in [5, 5.41) is 5.79. The third kappa shape index (κ3) is 4.50. The average molecular weight is 442 g/mol. The number of anilines is 1. The molecule has 0 radical (unpaired) electrons. The first-order chi connectivity index (χ1) is 16.2. The molecule has 0 saturated carbocycles. The Hall–Kier alpha value is -4.33. The van der Waals surface area contributed by atoms with Gasteiger partial charge in [0.15, 0.2) is 11.5 Å². The molecule has 4 aromatic rings. The molecule has 3 aromatic carbocycles. The van der Waals surface area contributed by atoms with Gasteiger partial charge in [0, 0.05) is 17.3 Å². The van der Waals surface area contributed by atoms with Gasteiger partial charge in [0.2, 0.25) is 5.91 Å². The van der Waals surface area contributed by atoms with Crippen molar-refractivity contribution in [3.63, 3.8) is 0 Å². The second kappa shape index (κ2) is 9.04. The highest BCUT2D eigenvalue weighted by Crippen LogP contribution is 2.32. The molecule has 1 aromatic heterocycles.